The number of hydrogen-bond acceptors (Lipinski definition) is 2. The van der Waals surface area contributed by atoms with Crippen LogP contribution in [0.1, 0.15) is 11.1 Å². The van der Waals surface area contributed by atoms with Crippen molar-refractivity contribution >= 4 is 35.1 Å². The van der Waals surface area contributed by atoms with Crippen molar-refractivity contribution in [3.8, 4) is 0 Å². The van der Waals surface area contributed by atoms with Crippen LogP contribution in [0.5, 0.6) is 0 Å². The molecule has 0 fully saturated rings. The minimum atomic E-state index is 0.597. The van der Waals surface area contributed by atoms with Gasteiger partial charge in [-0.15, -0.1) is 23.2 Å². The third-order valence-corrected chi connectivity index (χ3v) is 3.92. The van der Waals surface area contributed by atoms with Gasteiger partial charge < -0.3 is 4.90 Å². The minimum Gasteiger partial charge on any atom is -0.369 e. The maximum Gasteiger partial charge on any atom is 0.0429 e. The van der Waals surface area contributed by atoms with Crippen LogP contribution >= 0.6 is 23.2 Å². The van der Waals surface area contributed by atoms with E-state index in [4.69, 9.17) is 23.2 Å². The zero-order chi connectivity index (χ0) is 16.3. The van der Waals surface area contributed by atoms with E-state index < -0.39 is 0 Å². The molecule has 23 heavy (non-hydrogen) atoms. The zero-order valence-corrected chi connectivity index (χ0v) is 14.7. The molecule has 4 heteroatoms. The number of nitrogens with zero attached hydrogens (tertiary/aromatic N) is 2. The van der Waals surface area contributed by atoms with Crippen LogP contribution in [0.4, 0.5) is 5.69 Å². The van der Waals surface area contributed by atoms with Crippen LogP contribution in [0.2, 0.25) is 0 Å². The Kier molecular flexibility index (Phi) is 7.99. The first-order chi connectivity index (χ1) is 11.3. The Bertz CT molecular complexity index is 576. The highest BCUT2D eigenvalue weighted by Gasteiger charge is 2.04. The van der Waals surface area contributed by atoms with Gasteiger partial charge in [-0.2, -0.15) is 0 Å². The highest BCUT2D eigenvalue weighted by molar-refractivity contribution is 6.18. The summed E-state index contributed by atoms with van der Waals surface area (Å²) in [5.74, 6) is 1.19. The molecule has 0 aromatic heterocycles. The molecule has 0 bridgehead atoms. The van der Waals surface area contributed by atoms with Crippen molar-refractivity contribution < 1.29 is 0 Å². The molecule has 122 valence electrons. The molecule has 0 saturated heterocycles. The van der Waals surface area contributed by atoms with Crippen molar-refractivity contribution in [2.45, 2.75) is 6.42 Å². The van der Waals surface area contributed by atoms with Gasteiger partial charge in [0.1, 0.15) is 0 Å². The normalized spacial score (nSPS) is 11.0. The molecule has 0 atom stereocenters. The molecule has 2 aromatic carbocycles. The summed E-state index contributed by atoms with van der Waals surface area (Å²) in [6, 6.07) is 18.8. The Hall–Kier alpha value is -1.51. The average molecular weight is 349 g/mol. The predicted octanol–water partition coefficient (Wildman–Crippen LogP) is 4.63. The molecule has 0 heterocycles. The summed E-state index contributed by atoms with van der Waals surface area (Å²) >= 11 is 11.7. The molecule has 2 nitrogen and oxygen atoms in total. The Morgan fingerprint density at radius 3 is 2.13 bits per heavy atom. The number of benzene rings is 2. The van der Waals surface area contributed by atoms with Gasteiger partial charge >= 0.3 is 0 Å². The second kappa shape index (κ2) is 10.3. The molecule has 0 unspecified atom stereocenters. The van der Waals surface area contributed by atoms with Crippen molar-refractivity contribution in [2.75, 3.05) is 36.3 Å². The van der Waals surface area contributed by atoms with E-state index in [1.54, 1.807) is 0 Å². The lowest BCUT2D eigenvalue weighted by Gasteiger charge is -2.22. The fraction of sp³-hybridized carbons (Fsp3) is 0.316. The number of anilines is 1. The lowest BCUT2D eigenvalue weighted by molar-refractivity contribution is 0.874. The number of halogens is 2. The minimum absolute atomic E-state index is 0.597. The van der Waals surface area contributed by atoms with Crippen molar-refractivity contribution in [1.82, 2.24) is 0 Å². The molecule has 0 N–H and O–H groups in total. The standard InChI is InChI=1S/C19H22Cl2N2/c20-11-14-23(15-12-21)19-8-6-18(7-9-19)16-22-13-10-17-4-2-1-3-5-17/h1-9,16H,10-15H2. The molecule has 2 aromatic rings. The summed E-state index contributed by atoms with van der Waals surface area (Å²) in [7, 11) is 0. The lowest BCUT2D eigenvalue weighted by atomic mass is 10.1. The summed E-state index contributed by atoms with van der Waals surface area (Å²) in [6.07, 6.45) is 2.90. The predicted molar refractivity (Wildman–Crippen MR) is 103 cm³/mol. The van der Waals surface area contributed by atoms with Crippen LogP contribution in [-0.2, 0) is 6.42 Å². The van der Waals surface area contributed by atoms with Crippen LogP contribution in [0.15, 0.2) is 59.6 Å². The van der Waals surface area contributed by atoms with Gasteiger partial charge in [-0.1, -0.05) is 42.5 Å². The van der Waals surface area contributed by atoms with Crippen LogP contribution in [0.25, 0.3) is 0 Å². The largest absolute Gasteiger partial charge is 0.369 e. The second-order valence-corrected chi connectivity index (χ2v) is 5.98. The highest BCUT2D eigenvalue weighted by Crippen LogP contribution is 2.15. The maximum absolute atomic E-state index is 5.84. The first-order valence-electron chi connectivity index (χ1n) is 7.84. The van der Waals surface area contributed by atoms with Crippen LogP contribution in [0.3, 0.4) is 0 Å². The van der Waals surface area contributed by atoms with Crippen LogP contribution in [-0.4, -0.2) is 37.6 Å². The zero-order valence-electron chi connectivity index (χ0n) is 13.2. The van der Waals surface area contributed by atoms with Gasteiger partial charge in [-0.3, -0.25) is 4.99 Å². The summed E-state index contributed by atoms with van der Waals surface area (Å²) in [5.41, 5.74) is 3.57. The molecule has 0 aliphatic rings. The summed E-state index contributed by atoms with van der Waals surface area (Å²) < 4.78 is 0. The Morgan fingerprint density at radius 1 is 0.870 bits per heavy atom. The molecule has 0 aliphatic heterocycles. The van der Waals surface area contributed by atoms with E-state index in [0.29, 0.717) is 11.8 Å². The van der Waals surface area contributed by atoms with E-state index >= 15 is 0 Å². The summed E-state index contributed by atoms with van der Waals surface area (Å²) in [6.45, 7) is 2.41. The van der Waals surface area contributed by atoms with Crippen molar-refractivity contribution in [3.05, 3.63) is 65.7 Å². The van der Waals surface area contributed by atoms with Gasteiger partial charge in [-0.05, 0) is 29.7 Å². The highest BCUT2D eigenvalue weighted by atomic mass is 35.5. The van der Waals surface area contributed by atoms with E-state index in [0.717, 1.165) is 37.3 Å². The molecular weight excluding hydrogens is 327 g/mol. The fourth-order valence-electron chi connectivity index (χ4n) is 2.35. The number of rotatable bonds is 9. The van der Waals surface area contributed by atoms with Crippen molar-refractivity contribution in [2.24, 2.45) is 4.99 Å². The Labute approximate surface area is 148 Å². The first-order valence-corrected chi connectivity index (χ1v) is 8.91. The molecule has 0 amide bonds. The molecule has 0 spiro atoms. The lowest BCUT2D eigenvalue weighted by Crippen LogP contribution is -2.27. The van der Waals surface area contributed by atoms with Crippen LogP contribution < -0.4 is 4.90 Å². The molecule has 0 saturated carbocycles. The van der Waals surface area contributed by atoms with Gasteiger partial charge in [0.15, 0.2) is 0 Å². The van der Waals surface area contributed by atoms with E-state index in [2.05, 4.69) is 58.4 Å². The maximum atomic E-state index is 5.84. The van der Waals surface area contributed by atoms with Crippen molar-refractivity contribution in [3.63, 3.8) is 0 Å². The van der Waals surface area contributed by atoms with Gasteiger partial charge in [0.2, 0.25) is 0 Å². The van der Waals surface area contributed by atoms with E-state index in [1.807, 2.05) is 12.3 Å². The SMILES string of the molecule is ClCCN(CCCl)c1ccc(C=NCCc2ccccc2)cc1. The van der Waals surface area contributed by atoms with Gasteiger partial charge in [0, 0.05) is 43.3 Å². The van der Waals surface area contributed by atoms with Crippen molar-refractivity contribution in [1.29, 1.82) is 0 Å². The second-order valence-electron chi connectivity index (χ2n) is 5.23. The number of hydrogen-bond donors (Lipinski definition) is 0. The Morgan fingerprint density at radius 2 is 1.52 bits per heavy atom. The quantitative estimate of drug-likeness (QED) is 0.476. The van der Waals surface area contributed by atoms with E-state index in [1.165, 1.54) is 5.56 Å². The number of aliphatic imine (C=N–C) groups is 1. The summed E-state index contributed by atoms with van der Waals surface area (Å²) in [5, 5.41) is 0. The third kappa shape index (κ3) is 6.25. The summed E-state index contributed by atoms with van der Waals surface area (Å²) in [4.78, 5) is 6.69. The topological polar surface area (TPSA) is 15.6 Å². The first kappa shape index (κ1) is 17.8. The smallest absolute Gasteiger partial charge is 0.0429 e. The Balaban J connectivity index is 1.87. The van der Waals surface area contributed by atoms with Gasteiger partial charge in [-0.25, -0.2) is 0 Å². The van der Waals surface area contributed by atoms with Crippen LogP contribution in [0, 0.1) is 0 Å². The van der Waals surface area contributed by atoms with E-state index in [-0.39, 0.29) is 0 Å². The molecule has 0 radical (unpaired) electrons. The average Bonchev–Trinajstić information content (AvgIpc) is 2.60. The third-order valence-electron chi connectivity index (χ3n) is 3.58. The molecule has 0 aliphatic carbocycles. The van der Waals surface area contributed by atoms with Gasteiger partial charge in [0.05, 0.1) is 0 Å². The number of alkyl halides is 2. The molecular formula is C19H22Cl2N2. The fourth-order valence-corrected chi connectivity index (χ4v) is 2.76. The van der Waals surface area contributed by atoms with Gasteiger partial charge in [0.25, 0.3) is 0 Å². The monoisotopic (exact) mass is 348 g/mol. The molecule has 2 rings (SSSR count). The van der Waals surface area contributed by atoms with E-state index in [9.17, 15) is 0 Å².